The van der Waals surface area contributed by atoms with Gasteiger partial charge in [0.15, 0.2) is 0 Å². The summed E-state index contributed by atoms with van der Waals surface area (Å²) in [4.78, 5) is 14.3. The lowest BCUT2D eigenvalue weighted by Gasteiger charge is -2.23. The van der Waals surface area contributed by atoms with E-state index in [9.17, 15) is 13.2 Å². The molecule has 0 spiro atoms. The van der Waals surface area contributed by atoms with Crippen molar-refractivity contribution in [2.75, 3.05) is 29.6 Å². The van der Waals surface area contributed by atoms with Crippen molar-refractivity contribution in [3.05, 3.63) is 54.1 Å². The normalized spacial score (nSPS) is 13.6. The molecule has 132 valence electrons. The van der Waals surface area contributed by atoms with Gasteiger partial charge in [-0.25, -0.2) is 13.1 Å². The van der Waals surface area contributed by atoms with Crippen molar-refractivity contribution >= 4 is 33.0 Å². The Bertz CT molecular complexity index is 881. The molecule has 25 heavy (non-hydrogen) atoms. The Labute approximate surface area is 147 Å². The molecule has 1 aliphatic rings. The highest BCUT2D eigenvalue weighted by atomic mass is 32.2. The van der Waals surface area contributed by atoms with Gasteiger partial charge >= 0.3 is 0 Å². The molecule has 0 aromatic heterocycles. The number of carbonyl (C=O) groups excluding carboxylic acids is 1. The van der Waals surface area contributed by atoms with Crippen molar-refractivity contribution < 1.29 is 13.2 Å². The summed E-state index contributed by atoms with van der Waals surface area (Å²) in [6, 6.07) is 15.9. The lowest BCUT2D eigenvalue weighted by atomic mass is 10.1. The zero-order valence-corrected chi connectivity index (χ0v) is 14.8. The van der Waals surface area contributed by atoms with E-state index in [0.717, 1.165) is 36.3 Å². The van der Waals surface area contributed by atoms with Gasteiger partial charge in [0.05, 0.1) is 17.6 Å². The van der Waals surface area contributed by atoms with E-state index < -0.39 is 10.0 Å². The maximum Gasteiger partial charge on any atom is 0.225 e. The Morgan fingerprint density at radius 1 is 1.08 bits per heavy atom. The monoisotopic (exact) mass is 359 g/mol. The predicted octanol–water partition coefficient (Wildman–Crippen LogP) is 2.26. The van der Waals surface area contributed by atoms with Gasteiger partial charge in [0.1, 0.15) is 0 Å². The molecule has 7 heteroatoms. The van der Waals surface area contributed by atoms with E-state index >= 15 is 0 Å². The van der Waals surface area contributed by atoms with Gasteiger partial charge in [-0.1, -0.05) is 30.3 Å². The third-order valence-corrected chi connectivity index (χ3v) is 4.80. The first-order valence-electron chi connectivity index (χ1n) is 8.13. The fourth-order valence-electron chi connectivity index (χ4n) is 2.97. The average molecular weight is 359 g/mol. The third-order valence-electron chi connectivity index (χ3n) is 4.07. The molecular formula is C18H21N3O3S. The number of anilines is 3. The predicted molar refractivity (Wildman–Crippen MR) is 99.7 cm³/mol. The average Bonchev–Trinajstić information content (AvgIpc) is 2.98. The number of hydrogen-bond acceptors (Lipinski definition) is 4. The number of nitrogens with zero attached hydrogens (tertiary/aromatic N) is 1. The van der Waals surface area contributed by atoms with Crippen LogP contribution in [0.5, 0.6) is 0 Å². The highest BCUT2D eigenvalue weighted by molar-refractivity contribution is 7.88. The van der Waals surface area contributed by atoms with Gasteiger partial charge in [-0.2, -0.15) is 0 Å². The molecule has 0 atom stereocenters. The van der Waals surface area contributed by atoms with E-state index in [4.69, 9.17) is 0 Å². The second-order valence-electron chi connectivity index (χ2n) is 6.01. The van der Waals surface area contributed by atoms with Crippen LogP contribution in [0.2, 0.25) is 0 Å². The standard InChI is InChI=1S/C18H21N3O3S/c1-25(23,24)19-12-10-18(22)20-15-7-3-5-9-17(15)21-13-11-14-6-2-4-8-16(14)21/h2-9,19H,10-13H2,1H3,(H,20,22). The summed E-state index contributed by atoms with van der Waals surface area (Å²) in [6.07, 6.45) is 2.12. The number of para-hydroxylation sites is 3. The Kier molecular flexibility index (Phi) is 5.06. The third kappa shape index (κ3) is 4.37. The van der Waals surface area contributed by atoms with Gasteiger partial charge in [-0.3, -0.25) is 4.79 Å². The van der Waals surface area contributed by atoms with E-state index in [1.807, 2.05) is 36.4 Å². The van der Waals surface area contributed by atoms with Crippen LogP contribution in [0.25, 0.3) is 0 Å². The molecule has 2 aromatic carbocycles. The summed E-state index contributed by atoms with van der Waals surface area (Å²) in [6.45, 7) is 0.946. The molecule has 2 N–H and O–H groups in total. The molecule has 0 fully saturated rings. The molecule has 6 nitrogen and oxygen atoms in total. The lowest BCUT2D eigenvalue weighted by molar-refractivity contribution is -0.116. The number of nitrogens with one attached hydrogen (secondary N) is 2. The van der Waals surface area contributed by atoms with Crippen molar-refractivity contribution in [3.63, 3.8) is 0 Å². The van der Waals surface area contributed by atoms with Gasteiger partial charge in [0.2, 0.25) is 15.9 Å². The van der Waals surface area contributed by atoms with Crippen LogP contribution in [0.1, 0.15) is 12.0 Å². The molecule has 1 heterocycles. The van der Waals surface area contributed by atoms with E-state index in [2.05, 4.69) is 27.1 Å². The summed E-state index contributed by atoms with van der Waals surface area (Å²) < 4.78 is 24.5. The summed E-state index contributed by atoms with van der Waals surface area (Å²) in [5.41, 5.74) is 4.12. The first-order chi connectivity index (χ1) is 11.9. The Hall–Kier alpha value is -2.38. The number of sulfonamides is 1. The summed E-state index contributed by atoms with van der Waals surface area (Å²) in [5, 5.41) is 2.89. The number of rotatable bonds is 6. The van der Waals surface area contributed by atoms with Crippen molar-refractivity contribution in [1.82, 2.24) is 4.72 Å². The molecule has 1 aliphatic heterocycles. The Morgan fingerprint density at radius 3 is 2.52 bits per heavy atom. The van der Waals surface area contributed by atoms with Crippen molar-refractivity contribution in [2.45, 2.75) is 12.8 Å². The van der Waals surface area contributed by atoms with Crippen LogP contribution >= 0.6 is 0 Å². The number of fused-ring (bicyclic) bond motifs is 1. The van der Waals surface area contributed by atoms with Gasteiger partial charge < -0.3 is 10.2 Å². The van der Waals surface area contributed by atoms with Crippen molar-refractivity contribution in [1.29, 1.82) is 0 Å². The number of benzene rings is 2. The molecule has 0 unspecified atom stereocenters. The Morgan fingerprint density at radius 2 is 1.76 bits per heavy atom. The van der Waals surface area contributed by atoms with Gasteiger partial charge in [-0.05, 0) is 30.2 Å². The zero-order chi connectivity index (χ0) is 17.9. The number of amides is 1. The van der Waals surface area contributed by atoms with Crippen LogP contribution in [-0.2, 0) is 21.2 Å². The van der Waals surface area contributed by atoms with Crippen LogP contribution in [0, 0.1) is 0 Å². The molecule has 3 rings (SSSR count). The van der Waals surface area contributed by atoms with Crippen LogP contribution in [0.4, 0.5) is 17.1 Å². The minimum Gasteiger partial charge on any atom is -0.339 e. The fourth-order valence-corrected chi connectivity index (χ4v) is 3.44. The maximum absolute atomic E-state index is 12.1. The smallest absolute Gasteiger partial charge is 0.225 e. The second-order valence-corrected chi connectivity index (χ2v) is 7.85. The van der Waals surface area contributed by atoms with Crippen LogP contribution < -0.4 is 14.9 Å². The van der Waals surface area contributed by atoms with Crippen molar-refractivity contribution in [2.24, 2.45) is 0 Å². The Balaban J connectivity index is 1.73. The van der Waals surface area contributed by atoms with E-state index in [1.54, 1.807) is 0 Å². The zero-order valence-electron chi connectivity index (χ0n) is 14.0. The molecule has 0 radical (unpaired) electrons. The molecule has 0 aliphatic carbocycles. The van der Waals surface area contributed by atoms with Crippen LogP contribution in [0.15, 0.2) is 48.5 Å². The van der Waals surface area contributed by atoms with Gasteiger partial charge in [-0.15, -0.1) is 0 Å². The lowest BCUT2D eigenvalue weighted by Crippen LogP contribution is -2.27. The first kappa shape index (κ1) is 17.4. The second kappa shape index (κ2) is 7.25. The minimum absolute atomic E-state index is 0.0813. The molecule has 0 bridgehead atoms. The minimum atomic E-state index is -3.29. The molecule has 0 saturated carbocycles. The molecule has 2 aromatic rings. The van der Waals surface area contributed by atoms with Crippen LogP contribution in [0.3, 0.4) is 0 Å². The first-order valence-corrected chi connectivity index (χ1v) is 10.0. The highest BCUT2D eigenvalue weighted by Gasteiger charge is 2.22. The van der Waals surface area contributed by atoms with E-state index in [0.29, 0.717) is 0 Å². The summed E-state index contributed by atoms with van der Waals surface area (Å²) in [7, 11) is -3.29. The quantitative estimate of drug-likeness (QED) is 0.829. The topological polar surface area (TPSA) is 78.5 Å². The van der Waals surface area contributed by atoms with E-state index in [1.165, 1.54) is 5.56 Å². The van der Waals surface area contributed by atoms with Crippen LogP contribution in [-0.4, -0.2) is 33.7 Å². The number of hydrogen-bond donors (Lipinski definition) is 2. The molecule has 0 saturated heterocycles. The highest BCUT2D eigenvalue weighted by Crippen LogP contribution is 2.38. The fraction of sp³-hybridized carbons (Fsp3) is 0.278. The molecular weight excluding hydrogens is 338 g/mol. The largest absolute Gasteiger partial charge is 0.339 e. The summed E-state index contributed by atoms with van der Waals surface area (Å²) >= 11 is 0. The number of carbonyl (C=O) groups is 1. The van der Waals surface area contributed by atoms with Crippen molar-refractivity contribution in [3.8, 4) is 0 Å². The van der Waals surface area contributed by atoms with Gasteiger partial charge in [0, 0.05) is 25.2 Å². The maximum atomic E-state index is 12.1. The van der Waals surface area contributed by atoms with Gasteiger partial charge in [0.25, 0.3) is 0 Å². The SMILES string of the molecule is CS(=O)(=O)NCCC(=O)Nc1ccccc1N1CCc2ccccc21. The summed E-state index contributed by atoms with van der Waals surface area (Å²) in [5.74, 6) is -0.226. The van der Waals surface area contributed by atoms with E-state index in [-0.39, 0.29) is 18.9 Å². The molecule has 1 amide bonds.